The molecule has 0 spiro atoms. The van der Waals surface area contributed by atoms with Crippen LogP contribution in [-0.2, 0) is 6.54 Å². The molecule has 5 heteroatoms. The second-order valence-corrected chi connectivity index (χ2v) is 5.86. The fraction of sp³-hybridized carbons (Fsp3) is 0.714. The van der Waals surface area contributed by atoms with Crippen molar-refractivity contribution < 1.29 is 0 Å². The lowest BCUT2D eigenvalue weighted by Gasteiger charge is -2.25. The van der Waals surface area contributed by atoms with Crippen molar-refractivity contribution in [3.05, 3.63) is 22.7 Å². The van der Waals surface area contributed by atoms with Crippen molar-refractivity contribution in [3.8, 4) is 0 Å². The summed E-state index contributed by atoms with van der Waals surface area (Å²) in [4.78, 5) is 19.0. The van der Waals surface area contributed by atoms with Gasteiger partial charge in [0.15, 0.2) is 5.82 Å². The number of nitrogens with zero attached hydrogens (tertiary/aromatic N) is 3. The van der Waals surface area contributed by atoms with E-state index >= 15 is 0 Å². The maximum absolute atomic E-state index is 12.4. The van der Waals surface area contributed by atoms with Crippen LogP contribution in [0.5, 0.6) is 0 Å². The van der Waals surface area contributed by atoms with Crippen LogP contribution in [0.3, 0.4) is 0 Å². The number of halogens is 1. The fourth-order valence-corrected chi connectivity index (χ4v) is 3.10. The van der Waals surface area contributed by atoms with Gasteiger partial charge in [-0.15, -0.1) is 0 Å². The highest BCUT2D eigenvalue weighted by Gasteiger charge is 2.27. The third kappa shape index (κ3) is 3.38. The Kier molecular flexibility index (Phi) is 5.43. The first-order chi connectivity index (χ1) is 9.27. The zero-order chi connectivity index (χ0) is 13.7. The van der Waals surface area contributed by atoms with Crippen LogP contribution in [0.4, 0.5) is 5.82 Å². The molecule has 0 aliphatic carbocycles. The number of aromatic nitrogens is 2. The number of anilines is 1. The zero-order valence-corrected chi connectivity index (χ0v) is 13.1. The van der Waals surface area contributed by atoms with Gasteiger partial charge in [0.05, 0.1) is 0 Å². The Labute approximate surface area is 123 Å². The SMILES string of the molecule is CCCn1ccnc(N2CCCC2CCCBr)c1=O. The Morgan fingerprint density at radius 1 is 1.53 bits per heavy atom. The molecule has 2 rings (SSSR count). The highest BCUT2D eigenvalue weighted by atomic mass is 79.9. The number of alkyl halides is 1. The predicted molar refractivity (Wildman–Crippen MR) is 82.2 cm³/mol. The number of aryl methyl sites for hydroxylation is 1. The summed E-state index contributed by atoms with van der Waals surface area (Å²) in [7, 11) is 0. The van der Waals surface area contributed by atoms with E-state index in [9.17, 15) is 4.79 Å². The molecule has 1 aromatic heterocycles. The summed E-state index contributed by atoms with van der Waals surface area (Å²) in [6, 6.07) is 0.482. The molecule has 4 nitrogen and oxygen atoms in total. The molecule has 1 fully saturated rings. The molecule has 0 N–H and O–H groups in total. The molecule has 1 aliphatic heterocycles. The van der Waals surface area contributed by atoms with Gasteiger partial charge < -0.3 is 9.47 Å². The van der Waals surface area contributed by atoms with E-state index in [1.807, 2.05) is 0 Å². The van der Waals surface area contributed by atoms with E-state index < -0.39 is 0 Å². The van der Waals surface area contributed by atoms with Crippen LogP contribution >= 0.6 is 15.9 Å². The maximum atomic E-state index is 12.4. The monoisotopic (exact) mass is 327 g/mol. The molecule has 1 atom stereocenters. The van der Waals surface area contributed by atoms with Gasteiger partial charge in [-0.1, -0.05) is 22.9 Å². The van der Waals surface area contributed by atoms with E-state index in [1.165, 1.54) is 6.42 Å². The van der Waals surface area contributed by atoms with Crippen LogP contribution < -0.4 is 10.5 Å². The lowest BCUT2D eigenvalue weighted by Crippen LogP contribution is -2.36. The van der Waals surface area contributed by atoms with Crippen molar-refractivity contribution in [1.82, 2.24) is 9.55 Å². The Morgan fingerprint density at radius 3 is 3.11 bits per heavy atom. The van der Waals surface area contributed by atoms with Gasteiger partial charge in [-0.2, -0.15) is 0 Å². The van der Waals surface area contributed by atoms with E-state index in [1.54, 1.807) is 17.0 Å². The summed E-state index contributed by atoms with van der Waals surface area (Å²) in [6.07, 6.45) is 9.14. The topological polar surface area (TPSA) is 38.1 Å². The third-order valence-electron chi connectivity index (χ3n) is 3.68. The van der Waals surface area contributed by atoms with Crippen LogP contribution in [-0.4, -0.2) is 27.5 Å². The molecule has 0 bridgehead atoms. The second kappa shape index (κ2) is 7.08. The third-order valence-corrected chi connectivity index (χ3v) is 4.24. The van der Waals surface area contributed by atoms with E-state index in [-0.39, 0.29) is 5.56 Å². The van der Waals surface area contributed by atoms with Crippen molar-refractivity contribution in [2.75, 3.05) is 16.8 Å². The summed E-state index contributed by atoms with van der Waals surface area (Å²) >= 11 is 3.48. The minimum Gasteiger partial charge on any atom is -0.349 e. The molecular weight excluding hydrogens is 306 g/mol. The van der Waals surface area contributed by atoms with Crippen molar-refractivity contribution >= 4 is 21.7 Å². The molecule has 1 aliphatic rings. The average Bonchev–Trinajstić information content (AvgIpc) is 2.87. The van der Waals surface area contributed by atoms with Gasteiger partial charge in [0, 0.05) is 36.9 Å². The summed E-state index contributed by atoms with van der Waals surface area (Å²) in [5.41, 5.74) is 0.0649. The maximum Gasteiger partial charge on any atom is 0.293 e. The smallest absolute Gasteiger partial charge is 0.293 e. The van der Waals surface area contributed by atoms with Crippen LogP contribution in [0.25, 0.3) is 0 Å². The van der Waals surface area contributed by atoms with Crippen molar-refractivity contribution in [3.63, 3.8) is 0 Å². The zero-order valence-electron chi connectivity index (χ0n) is 11.5. The Morgan fingerprint density at radius 2 is 2.37 bits per heavy atom. The van der Waals surface area contributed by atoms with Gasteiger partial charge >= 0.3 is 0 Å². The lowest BCUT2D eigenvalue weighted by molar-refractivity contribution is 0.588. The Balaban J connectivity index is 2.20. The first-order valence-electron chi connectivity index (χ1n) is 7.16. The largest absolute Gasteiger partial charge is 0.349 e. The molecule has 1 aromatic rings. The molecule has 19 heavy (non-hydrogen) atoms. The first-order valence-corrected chi connectivity index (χ1v) is 8.28. The van der Waals surface area contributed by atoms with E-state index in [2.05, 4.69) is 32.7 Å². The van der Waals surface area contributed by atoms with E-state index in [4.69, 9.17) is 0 Å². The molecule has 0 amide bonds. The molecule has 0 radical (unpaired) electrons. The minimum absolute atomic E-state index is 0.0649. The van der Waals surface area contributed by atoms with Crippen molar-refractivity contribution in [2.45, 2.75) is 51.6 Å². The number of hydrogen-bond acceptors (Lipinski definition) is 3. The average molecular weight is 328 g/mol. The predicted octanol–water partition coefficient (Wildman–Crippen LogP) is 2.80. The number of rotatable bonds is 6. The Bertz CT molecular complexity index is 460. The summed E-state index contributed by atoms with van der Waals surface area (Å²) in [5, 5.41) is 1.03. The Hall–Kier alpha value is -0.840. The van der Waals surface area contributed by atoms with E-state index in [0.717, 1.165) is 44.1 Å². The quantitative estimate of drug-likeness (QED) is 0.754. The van der Waals surface area contributed by atoms with Crippen LogP contribution in [0.1, 0.15) is 39.0 Å². The molecular formula is C14H22BrN3O. The normalized spacial score (nSPS) is 19.1. The molecule has 1 unspecified atom stereocenters. The van der Waals surface area contributed by atoms with Gasteiger partial charge in [0.2, 0.25) is 0 Å². The molecule has 106 valence electrons. The number of hydrogen-bond donors (Lipinski definition) is 0. The second-order valence-electron chi connectivity index (χ2n) is 5.07. The highest BCUT2D eigenvalue weighted by Crippen LogP contribution is 2.24. The lowest BCUT2D eigenvalue weighted by atomic mass is 10.1. The molecule has 1 saturated heterocycles. The van der Waals surface area contributed by atoms with Crippen LogP contribution in [0.2, 0.25) is 0 Å². The first kappa shape index (κ1) is 14.6. The molecule has 0 saturated carbocycles. The van der Waals surface area contributed by atoms with Gasteiger partial charge in [-0.3, -0.25) is 4.79 Å². The summed E-state index contributed by atoms with van der Waals surface area (Å²) in [5.74, 6) is 0.646. The summed E-state index contributed by atoms with van der Waals surface area (Å²) < 4.78 is 1.78. The van der Waals surface area contributed by atoms with Gasteiger partial charge in [-0.05, 0) is 32.1 Å². The summed E-state index contributed by atoms with van der Waals surface area (Å²) in [6.45, 7) is 3.82. The van der Waals surface area contributed by atoms with Gasteiger partial charge in [0.25, 0.3) is 5.56 Å². The van der Waals surface area contributed by atoms with Crippen molar-refractivity contribution in [1.29, 1.82) is 0 Å². The fourth-order valence-electron chi connectivity index (χ4n) is 2.78. The van der Waals surface area contributed by atoms with Crippen molar-refractivity contribution in [2.24, 2.45) is 0 Å². The van der Waals surface area contributed by atoms with Crippen LogP contribution in [0, 0.1) is 0 Å². The van der Waals surface area contributed by atoms with Gasteiger partial charge in [0.1, 0.15) is 0 Å². The standard InChI is InChI=1S/C14H22BrN3O/c1-2-9-17-11-8-16-13(14(17)19)18-10-4-6-12(18)5-3-7-15/h8,11-12H,2-7,9-10H2,1H3. The minimum atomic E-state index is 0.0649. The van der Waals surface area contributed by atoms with Gasteiger partial charge in [-0.25, -0.2) is 4.98 Å². The molecule has 0 aromatic carbocycles. The highest BCUT2D eigenvalue weighted by molar-refractivity contribution is 9.09. The molecule has 2 heterocycles. The van der Waals surface area contributed by atoms with Crippen LogP contribution in [0.15, 0.2) is 17.2 Å². The van der Waals surface area contributed by atoms with E-state index in [0.29, 0.717) is 11.9 Å².